The first-order chi connectivity index (χ1) is 19.8. The molecule has 0 unspecified atom stereocenters. The van der Waals surface area contributed by atoms with Crippen LogP contribution in [0.2, 0.25) is 0 Å². The van der Waals surface area contributed by atoms with Crippen LogP contribution in [0.4, 0.5) is 17.1 Å². The Labute approximate surface area is 243 Å². The molecule has 188 valence electrons. The summed E-state index contributed by atoms with van der Waals surface area (Å²) < 4.78 is 0. The predicted molar refractivity (Wildman–Crippen MR) is 172 cm³/mol. The van der Waals surface area contributed by atoms with Crippen molar-refractivity contribution in [2.75, 3.05) is 4.90 Å². The van der Waals surface area contributed by atoms with Crippen LogP contribution in [-0.2, 0) is 0 Å². The summed E-state index contributed by atoms with van der Waals surface area (Å²) in [5, 5.41) is 6.03. The number of hydrogen-bond donors (Lipinski definition) is 0. The second-order valence-corrected chi connectivity index (χ2v) is 16.3. The summed E-state index contributed by atoms with van der Waals surface area (Å²) in [7, 11) is -2.53. The number of anilines is 3. The van der Waals surface area contributed by atoms with Crippen LogP contribution < -0.4 is 25.6 Å². The van der Waals surface area contributed by atoms with Gasteiger partial charge in [0.2, 0.25) is 0 Å². The second-order valence-electron chi connectivity index (χ2n) is 10.5. The predicted octanol–water partition coefficient (Wildman–Crippen LogP) is 7.44. The lowest BCUT2D eigenvalue weighted by Crippen LogP contribution is -2.74. The van der Waals surface area contributed by atoms with E-state index in [1.165, 1.54) is 68.5 Å². The Morgan fingerprint density at radius 3 is 1.52 bits per heavy atom. The molecule has 3 heterocycles. The van der Waals surface area contributed by atoms with E-state index in [4.69, 9.17) is 0 Å². The first kappa shape index (κ1) is 22.8. The topological polar surface area (TPSA) is 3.24 Å². The van der Waals surface area contributed by atoms with Crippen LogP contribution in [0, 0.1) is 0 Å². The number of nitrogens with zero attached hydrogens (tertiary/aromatic N) is 1. The van der Waals surface area contributed by atoms with Gasteiger partial charge in [-0.05, 0) is 80.4 Å². The van der Waals surface area contributed by atoms with E-state index < -0.39 is 8.07 Å². The zero-order valence-corrected chi connectivity index (χ0v) is 24.2. The van der Waals surface area contributed by atoms with E-state index in [0.717, 1.165) is 0 Å². The number of fused-ring (bicyclic) bond motifs is 11. The molecule has 0 saturated heterocycles. The Morgan fingerprint density at radius 2 is 0.875 bits per heavy atom. The van der Waals surface area contributed by atoms with Crippen molar-refractivity contribution >= 4 is 69.4 Å². The Kier molecular flexibility index (Phi) is 4.86. The minimum atomic E-state index is -2.53. The van der Waals surface area contributed by atoms with Crippen LogP contribution in [0.25, 0.3) is 11.1 Å². The van der Waals surface area contributed by atoms with E-state index in [2.05, 4.69) is 144 Å². The third kappa shape index (κ3) is 2.96. The molecule has 0 fully saturated rings. The van der Waals surface area contributed by atoms with Crippen molar-refractivity contribution in [2.24, 2.45) is 0 Å². The van der Waals surface area contributed by atoms with Crippen molar-refractivity contribution in [1.29, 1.82) is 0 Å². The van der Waals surface area contributed by atoms with Crippen LogP contribution in [-0.4, -0.2) is 8.07 Å². The first-order valence-electron chi connectivity index (χ1n) is 13.6. The summed E-state index contributed by atoms with van der Waals surface area (Å²) in [6, 6.07) is 52.4. The Balaban J connectivity index is 1.37. The third-order valence-electron chi connectivity index (χ3n) is 8.52. The molecule has 9 rings (SSSR count). The van der Waals surface area contributed by atoms with Gasteiger partial charge in [-0.2, -0.15) is 0 Å². The lowest BCUT2D eigenvalue weighted by Gasteiger charge is -2.39. The van der Waals surface area contributed by atoms with E-state index in [1.54, 1.807) is 0 Å². The lowest BCUT2D eigenvalue weighted by molar-refractivity contribution is 1.16. The summed E-state index contributed by atoms with van der Waals surface area (Å²) in [5.41, 5.74) is 6.52. The fourth-order valence-corrected chi connectivity index (χ4v) is 15.4. The minimum absolute atomic E-state index is 1.23. The third-order valence-corrected chi connectivity index (χ3v) is 16.1. The highest BCUT2D eigenvalue weighted by Crippen LogP contribution is 2.51. The lowest BCUT2D eigenvalue weighted by atomic mass is 10.1. The van der Waals surface area contributed by atoms with Crippen LogP contribution in [0.3, 0.4) is 0 Å². The van der Waals surface area contributed by atoms with Crippen molar-refractivity contribution in [3.63, 3.8) is 0 Å². The quantitative estimate of drug-likeness (QED) is 0.192. The van der Waals surface area contributed by atoms with Gasteiger partial charge in [0, 0.05) is 25.3 Å². The molecule has 0 amide bonds. The van der Waals surface area contributed by atoms with Crippen molar-refractivity contribution in [3.05, 3.63) is 140 Å². The average Bonchev–Trinajstić information content (AvgIpc) is 3.31. The van der Waals surface area contributed by atoms with E-state index in [1.807, 2.05) is 23.5 Å². The molecule has 3 aliphatic rings. The first-order valence-corrected chi connectivity index (χ1v) is 17.2. The van der Waals surface area contributed by atoms with Crippen LogP contribution in [0.15, 0.2) is 159 Å². The Morgan fingerprint density at radius 1 is 0.400 bits per heavy atom. The fraction of sp³-hybridized carbons (Fsp3) is 0. The molecular weight excluding hydrogens is 539 g/mol. The normalized spacial score (nSPS) is 14.9. The zero-order chi connectivity index (χ0) is 26.3. The molecule has 0 aliphatic carbocycles. The van der Waals surface area contributed by atoms with E-state index in [9.17, 15) is 0 Å². The van der Waals surface area contributed by atoms with Crippen LogP contribution in [0.1, 0.15) is 0 Å². The van der Waals surface area contributed by atoms with Crippen LogP contribution >= 0.6 is 23.5 Å². The molecule has 1 nitrogen and oxygen atoms in total. The standard InChI is InChI=1S/C36H23NS2Si/c1-8-18-33-25(11-1)26-12-2-9-19-34(26)40(33)35-20-10-7-17-31(35)39-32-22-21-24(23-36(32)40)37-27-13-3-5-15-29(27)38-30-16-6-4-14-28(30)37/h1-23H. The monoisotopic (exact) mass is 561 g/mol. The molecular formula is C36H23NS2Si. The van der Waals surface area contributed by atoms with Gasteiger partial charge in [-0.3, -0.25) is 0 Å². The molecule has 6 aromatic rings. The number of hydrogen-bond acceptors (Lipinski definition) is 3. The SMILES string of the molecule is c1ccc2c(c1)Sc1ccccc1N2c1ccc2c(c1)[Si]1(c3ccccc3S2)c2ccccc2-c2ccccc21. The summed E-state index contributed by atoms with van der Waals surface area (Å²) in [6.45, 7) is 0. The molecule has 0 saturated carbocycles. The molecule has 4 heteroatoms. The summed E-state index contributed by atoms with van der Waals surface area (Å²) >= 11 is 3.79. The summed E-state index contributed by atoms with van der Waals surface area (Å²) in [5.74, 6) is 0. The molecule has 0 atom stereocenters. The molecule has 0 radical (unpaired) electrons. The highest BCUT2D eigenvalue weighted by atomic mass is 32.2. The molecule has 3 aliphatic heterocycles. The number of benzene rings is 6. The molecule has 0 N–H and O–H groups in total. The maximum atomic E-state index is 2.53. The maximum Gasteiger partial charge on any atom is 0.183 e. The van der Waals surface area contributed by atoms with E-state index >= 15 is 0 Å². The summed E-state index contributed by atoms with van der Waals surface area (Å²) in [4.78, 5) is 7.84. The highest BCUT2D eigenvalue weighted by Gasteiger charge is 2.52. The van der Waals surface area contributed by atoms with E-state index in [-0.39, 0.29) is 0 Å². The van der Waals surface area contributed by atoms with Gasteiger partial charge in [-0.15, -0.1) is 0 Å². The molecule has 6 aromatic carbocycles. The molecule has 0 bridgehead atoms. The smallest absolute Gasteiger partial charge is 0.183 e. The highest BCUT2D eigenvalue weighted by molar-refractivity contribution is 8.00. The molecule has 0 aromatic heterocycles. The Bertz CT molecular complexity index is 1910. The largest absolute Gasteiger partial charge is 0.308 e. The van der Waals surface area contributed by atoms with Gasteiger partial charge in [-0.25, -0.2) is 0 Å². The minimum Gasteiger partial charge on any atom is -0.308 e. The number of rotatable bonds is 1. The fourth-order valence-electron chi connectivity index (χ4n) is 6.97. The van der Waals surface area contributed by atoms with E-state index in [0.29, 0.717) is 0 Å². The summed E-state index contributed by atoms with van der Waals surface area (Å²) in [6.07, 6.45) is 0. The van der Waals surface area contributed by atoms with Gasteiger partial charge in [0.15, 0.2) is 8.07 Å². The average molecular weight is 562 g/mol. The van der Waals surface area contributed by atoms with Crippen molar-refractivity contribution in [1.82, 2.24) is 0 Å². The Hall–Kier alpha value is -3.96. The van der Waals surface area contributed by atoms with Crippen molar-refractivity contribution in [2.45, 2.75) is 19.6 Å². The van der Waals surface area contributed by atoms with Gasteiger partial charge in [0.25, 0.3) is 0 Å². The zero-order valence-electron chi connectivity index (χ0n) is 21.5. The molecule has 40 heavy (non-hydrogen) atoms. The van der Waals surface area contributed by atoms with Gasteiger partial charge < -0.3 is 4.90 Å². The van der Waals surface area contributed by atoms with Gasteiger partial charge >= 0.3 is 0 Å². The van der Waals surface area contributed by atoms with Crippen LogP contribution in [0.5, 0.6) is 0 Å². The molecule has 1 spiro atoms. The van der Waals surface area contributed by atoms with Crippen molar-refractivity contribution < 1.29 is 0 Å². The van der Waals surface area contributed by atoms with Crippen molar-refractivity contribution in [3.8, 4) is 11.1 Å². The second kappa shape index (κ2) is 8.52. The van der Waals surface area contributed by atoms with Gasteiger partial charge in [0.1, 0.15) is 0 Å². The van der Waals surface area contributed by atoms with Gasteiger partial charge in [-0.1, -0.05) is 115 Å². The van der Waals surface area contributed by atoms with Gasteiger partial charge in [0.05, 0.1) is 11.4 Å². The maximum absolute atomic E-state index is 2.53. The number of para-hydroxylation sites is 2.